The molecule has 2 aromatic carbocycles. The number of halogens is 2. The van der Waals surface area contributed by atoms with Gasteiger partial charge in [0.2, 0.25) is 5.91 Å². The highest BCUT2D eigenvalue weighted by molar-refractivity contribution is 6.39. The molecular weight excluding hydrogens is 357 g/mol. The summed E-state index contributed by atoms with van der Waals surface area (Å²) in [5.74, 6) is 0.0651. The van der Waals surface area contributed by atoms with Crippen molar-refractivity contribution < 1.29 is 4.79 Å². The molecule has 1 aliphatic heterocycles. The van der Waals surface area contributed by atoms with Gasteiger partial charge in [0.05, 0.1) is 22.3 Å². The lowest BCUT2D eigenvalue weighted by atomic mass is 10.2. The average Bonchev–Trinajstić information content (AvgIpc) is 2.62. The van der Waals surface area contributed by atoms with Gasteiger partial charge in [0.25, 0.3) is 0 Å². The Kier molecular flexibility index (Phi) is 6.19. The molecule has 1 saturated heterocycles. The quantitative estimate of drug-likeness (QED) is 0.861. The Labute approximate surface area is 158 Å². The standard InChI is InChI=1S/C19H21Cl2N3O/c20-16-7-4-8-17(21)19(16)22-13-18(25)24-11-9-23(10-12-24)14-15-5-2-1-3-6-15/h1-8,22H,9-14H2. The largest absolute Gasteiger partial charge is 0.374 e. The molecule has 0 unspecified atom stereocenters. The van der Waals surface area contributed by atoms with Crippen molar-refractivity contribution in [2.45, 2.75) is 6.54 Å². The van der Waals surface area contributed by atoms with E-state index in [4.69, 9.17) is 23.2 Å². The van der Waals surface area contributed by atoms with Crippen LogP contribution in [-0.4, -0.2) is 48.4 Å². The Morgan fingerprint density at radius 3 is 2.20 bits per heavy atom. The SMILES string of the molecule is O=C(CNc1c(Cl)cccc1Cl)N1CCN(Cc2ccccc2)CC1. The molecule has 0 aromatic heterocycles. The second kappa shape index (κ2) is 8.56. The Hall–Kier alpha value is -1.75. The van der Waals surface area contributed by atoms with E-state index in [0.717, 1.165) is 32.7 Å². The molecule has 0 radical (unpaired) electrons. The van der Waals surface area contributed by atoms with Crippen LogP contribution in [0.15, 0.2) is 48.5 Å². The van der Waals surface area contributed by atoms with Gasteiger partial charge in [-0.25, -0.2) is 0 Å². The van der Waals surface area contributed by atoms with Gasteiger partial charge in [-0.3, -0.25) is 9.69 Å². The number of nitrogens with zero attached hydrogens (tertiary/aromatic N) is 2. The third kappa shape index (κ3) is 4.88. The van der Waals surface area contributed by atoms with Gasteiger partial charge in [-0.1, -0.05) is 59.6 Å². The summed E-state index contributed by atoms with van der Waals surface area (Å²) in [6.07, 6.45) is 0. The number of piperazine rings is 1. The zero-order valence-electron chi connectivity index (χ0n) is 13.9. The molecule has 3 rings (SSSR count). The first kappa shape index (κ1) is 18.1. The predicted molar refractivity (Wildman–Crippen MR) is 103 cm³/mol. The molecule has 1 heterocycles. The molecule has 1 amide bonds. The van der Waals surface area contributed by atoms with Crippen molar-refractivity contribution in [2.75, 3.05) is 38.0 Å². The first-order valence-electron chi connectivity index (χ1n) is 8.35. The van der Waals surface area contributed by atoms with Gasteiger partial charge in [-0.05, 0) is 17.7 Å². The van der Waals surface area contributed by atoms with E-state index in [1.807, 2.05) is 11.0 Å². The summed E-state index contributed by atoms with van der Waals surface area (Å²) in [4.78, 5) is 16.7. The van der Waals surface area contributed by atoms with Gasteiger partial charge in [0.1, 0.15) is 0 Å². The van der Waals surface area contributed by atoms with Crippen LogP contribution in [0.1, 0.15) is 5.56 Å². The van der Waals surface area contributed by atoms with Crippen LogP contribution in [0.5, 0.6) is 0 Å². The fourth-order valence-electron chi connectivity index (χ4n) is 2.94. The third-order valence-corrected chi connectivity index (χ3v) is 4.98. The highest BCUT2D eigenvalue weighted by Crippen LogP contribution is 2.29. The van der Waals surface area contributed by atoms with E-state index in [2.05, 4.69) is 34.5 Å². The monoisotopic (exact) mass is 377 g/mol. The van der Waals surface area contributed by atoms with Crippen LogP contribution in [0.25, 0.3) is 0 Å². The van der Waals surface area contributed by atoms with E-state index in [-0.39, 0.29) is 12.5 Å². The van der Waals surface area contributed by atoms with E-state index in [9.17, 15) is 4.79 Å². The topological polar surface area (TPSA) is 35.6 Å². The summed E-state index contributed by atoms with van der Waals surface area (Å²) in [6.45, 7) is 4.37. The minimum atomic E-state index is 0.0651. The zero-order valence-corrected chi connectivity index (χ0v) is 15.4. The molecule has 0 bridgehead atoms. The first-order valence-corrected chi connectivity index (χ1v) is 9.11. The molecule has 2 aromatic rings. The van der Waals surface area contributed by atoms with Gasteiger partial charge in [0, 0.05) is 32.7 Å². The molecule has 132 valence electrons. The molecule has 0 aliphatic carbocycles. The molecule has 6 heteroatoms. The summed E-state index contributed by atoms with van der Waals surface area (Å²) in [5, 5.41) is 4.10. The number of carbonyl (C=O) groups excluding carboxylic acids is 1. The van der Waals surface area contributed by atoms with Crippen LogP contribution in [0.4, 0.5) is 5.69 Å². The maximum Gasteiger partial charge on any atom is 0.241 e. The maximum absolute atomic E-state index is 12.4. The van der Waals surface area contributed by atoms with Crippen LogP contribution >= 0.6 is 23.2 Å². The third-order valence-electron chi connectivity index (χ3n) is 4.35. The molecule has 1 fully saturated rings. The highest BCUT2D eigenvalue weighted by atomic mass is 35.5. The summed E-state index contributed by atoms with van der Waals surface area (Å²) in [6, 6.07) is 15.7. The Balaban J connectivity index is 1.47. The normalized spacial score (nSPS) is 15.2. The summed E-state index contributed by atoms with van der Waals surface area (Å²) < 4.78 is 0. The lowest BCUT2D eigenvalue weighted by molar-refractivity contribution is -0.131. The minimum absolute atomic E-state index is 0.0651. The Morgan fingerprint density at radius 2 is 1.56 bits per heavy atom. The molecule has 1 N–H and O–H groups in total. The number of amides is 1. The Morgan fingerprint density at radius 1 is 0.920 bits per heavy atom. The van der Waals surface area contributed by atoms with E-state index in [1.165, 1.54) is 5.56 Å². The van der Waals surface area contributed by atoms with Crippen molar-refractivity contribution in [3.63, 3.8) is 0 Å². The fraction of sp³-hybridized carbons (Fsp3) is 0.316. The second-order valence-electron chi connectivity index (χ2n) is 6.09. The predicted octanol–water partition coefficient (Wildman–Crippen LogP) is 3.75. The molecule has 0 saturated carbocycles. The summed E-state index contributed by atoms with van der Waals surface area (Å²) >= 11 is 12.2. The maximum atomic E-state index is 12.4. The minimum Gasteiger partial charge on any atom is -0.374 e. The molecule has 4 nitrogen and oxygen atoms in total. The molecule has 0 spiro atoms. The van der Waals surface area contributed by atoms with Gasteiger partial charge in [-0.15, -0.1) is 0 Å². The lowest BCUT2D eigenvalue weighted by Gasteiger charge is -2.35. The van der Waals surface area contributed by atoms with Crippen molar-refractivity contribution in [3.05, 3.63) is 64.1 Å². The van der Waals surface area contributed by atoms with Crippen LogP contribution in [0.2, 0.25) is 10.0 Å². The van der Waals surface area contributed by atoms with Crippen LogP contribution in [0.3, 0.4) is 0 Å². The van der Waals surface area contributed by atoms with Crippen LogP contribution in [-0.2, 0) is 11.3 Å². The van der Waals surface area contributed by atoms with Crippen molar-refractivity contribution >= 4 is 34.8 Å². The van der Waals surface area contributed by atoms with Crippen LogP contribution in [0, 0.1) is 0 Å². The number of rotatable bonds is 5. The van der Waals surface area contributed by atoms with Gasteiger partial charge in [-0.2, -0.15) is 0 Å². The molecular formula is C19H21Cl2N3O. The molecule has 25 heavy (non-hydrogen) atoms. The highest BCUT2D eigenvalue weighted by Gasteiger charge is 2.21. The van der Waals surface area contributed by atoms with Gasteiger partial charge < -0.3 is 10.2 Å². The first-order chi connectivity index (χ1) is 12.1. The number of carbonyl (C=O) groups is 1. The van der Waals surface area contributed by atoms with E-state index < -0.39 is 0 Å². The average molecular weight is 378 g/mol. The number of hydrogen-bond donors (Lipinski definition) is 1. The number of para-hydroxylation sites is 1. The van der Waals surface area contributed by atoms with Crippen molar-refractivity contribution in [1.82, 2.24) is 9.80 Å². The summed E-state index contributed by atoms with van der Waals surface area (Å²) in [7, 11) is 0. The van der Waals surface area contributed by atoms with E-state index in [0.29, 0.717) is 15.7 Å². The number of hydrogen-bond acceptors (Lipinski definition) is 3. The van der Waals surface area contributed by atoms with Crippen LogP contribution < -0.4 is 5.32 Å². The molecule has 1 aliphatic rings. The van der Waals surface area contributed by atoms with E-state index in [1.54, 1.807) is 18.2 Å². The van der Waals surface area contributed by atoms with Gasteiger partial charge >= 0.3 is 0 Å². The smallest absolute Gasteiger partial charge is 0.241 e. The van der Waals surface area contributed by atoms with Crippen molar-refractivity contribution in [1.29, 1.82) is 0 Å². The van der Waals surface area contributed by atoms with Crippen molar-refractivity contribution in [3.8, 4) is 0 Å². The van der Waals surface area contributed by atoms with Gasteiger partial charge in [0.15, 0.2) is 0 Å². The lowest BCUT2D eigenvalue weighted by Crippen LogP contribution is -2.49. The Bertz CT molecular complexity index is 696. The number of anilines is 1. The summed E-state index contributed by atoms with van der Waals surface area (Å²) in [5.41, 5.74) is 1.92. The zero-order chi connectivity index (χ0) is 17.6. The second-order valence-corrected chi connectivity index (χ2v) is 6.91. The number of nitrogens with one attached hydrogen (secondary N) is 1. The number of benzene rings is 2. The molecule has 0 atom stereocenters. The van der Waals surface area contributed by atoms with Crippen molar-refractivity contribution in [2.24, 2.45) is 0 Å². The van der Waals surface area contributed by atoms with E-state index >= 15 is 0 Å². The fourth-order valence-corrected chi connectivity index (χ4v) is 3.47.